The maximum Gasteiger partial charge on any atom is 0.0999 e. The minimum Gasteiger partial charge on any atom is -0.386 e. The maximum absolute atomic E-state index is 10.1. The van der Waals surface area contributed by atoms with Crippen molar-refractivity contribution < 1.29 is 5.11 Å². The minimum atomic E-state index is -0.531. The van der Waals surface area contributed by atoms with Crippen LogP contribution in [-0.4, -0.2) is 19.6 Å². The number of aliphatic hydroxyl groups is 1. The molecule has 2 heterocycles. The van der Waals surface area contributed by atoms with Gasteiger partial charge in [0.05, 0.1) is 23.8 Å². The number of pyridine rings is 1. The summed E-state index contributed by atoms with van der Waals surface area (Å²) in [5.74, 6) is 0. The zero-order chi connectivity index (χ0) is 11.5. The number of hydrogen-bond donors (Lipinski definition) is 1. The largest absolute Gasteiger partial charge is 0.386 e. The lowest BCUT2D eigenvalue weighted by molar-refractivity contribution is 0.169. The summed E-state index contributed by atoms with van der Waals surface area (Å²) in [6.45, 7) is 1.90. The zero-order valence-electron chi connectivity index (χ0n) is 9.46. The summed E-state index contributed by atoms with van der Waals surface area (Å²) < 4.78 is 1.86. The highest BCUT2D eigenvalue weighted by Gasteiger charge is 2.15. The van der Waals surface area contributed by atoms with E-state index in [0.29, 0.717) is 6.42 Å². The molecule has 0 bridgehead atoms. The van der Waals surface area contributed by atoms with Gasteiger partial charge in [0.2, 0.25) is 0 Å². The standard InChI is InChI=1S/C12H15N3O/c1-9-12(15(2)8-14-9)11(16)6-10-4-3-5-13-7-10/h3-5,7-8,11,16H,6H2,1-2H3. The fourth-order valence-electron chi connectivity index (χ4n) is 1.87. The Kier molecular flexibility index (Phi) is 3.01. The molecule has 1 unspecified atom stereocenters. The highest BCUT2D eigenvalue weighted by molar-refractivity contribution is 5.18. The number of aromatic nitrogens is 3. The van der Waals surface area contributed by atoms with Gasteiger partial charge in [0, 0.05) is 25.9 Å². The van der Waals surface area contributed by atoms with E-state index >= 15 is 0 Å². The molecule has 0 radical (unpaired) electrons. The number of hydrogen-bond acceptors (Lipinski definition) is 3. The van der Waals surface area contributed by atoms with E-state index in [2.05, 4.69) is 9.97 Å². The predicted molar refractivity (Wildman–Crippen MR) is 60.8 cm³/mol. The minimum absolute atomic E-state index is 0.531. The molecule has 0 spiro atoms. The Morgan fingerprint density at radius 3 is 2.88 bits per heavy atom. The second kappa shape index (κ2) is 4.45. The number of aliphatic hydroxyl groups excluding tert-OH is 1. The van der Waals surface area contributed by atoms with Crippen LogP contribution in [0.25, 0.3) is 0 Å². The lowest BCUT2D eigenvalue weighted by Crippen LogP contribution is -2.08. The van der Waals surface area contributed by atoms with Crippen molar-refractivity contribution in [1.29, 1.82) is 0 Å². The Bertz CT molecular complexity index is 445. The van der Waals surface area contributed by atoms with E-state index in [-0.39, 0.29) is 0 Å². The van der Waals surface area contributed by atoms with Crippen molar-refractivity contribution in [2.24, 2.45) is 7.05 Å². The molecule has 0 aliphatic heterocycles. The Labute approximate surface area is 94.6 Å². The number of rotatable bonds is 3. The second-order valence-corrected chi connectivity index (χ2v) is 3.91. The SMILES string of the molecule is Cc1ncn(C)c1C(O)Cc1cccnc1. The molecule has 0 aliphatic rings. The topological polar surface area (TPSA) is 50.9 Å². The number of nitrogens with zero attached hydrogens (tertiary/aromatic N) is 3. The van der Waals surface area contributed by atoms with Crippen molar-refractivity contribution in [2.75, 3.05) is 0 Å². The maximum atomic E-state index is 10.1. The van der Waals surface area contributed by atoms with Crippen LogP contribution in [0.3, 0.4) is 0 Å². The molecule has 4 heteroatoms. The Hall–Kier alpha value is -1.68. The van der Waals surface area contributed by atoms with Gasteiger partial charge in [-0.15, -0.1) is 0 Å². The fraction of sp³-hybridized carbons (Fsp3) is 0.333. The molecule has 0 saturated heterocycles. The molecule has 2 aromatic heterocycles. The molecule has 0 aromatic carbocycles. The van der Waals surface area contributed by atoms with Crippen molar-refractivity contribution in [3.8, 4) is 0 Å². The van der Waals surface area contributed by atoms with Crippen LogP contribution in [0.2, 0.25) is 0 Å². The molecular weight excluding hydrogens is 202 g/mol. The molecule has 0 saturated carbocycles. The lowest BCUT2D eigenvalue weighted by atomic mass is 10.1. The van der Waals surface area contributed by atoms with E-state index in [4.69, 9.17) is 0 Å². The molecule has 84 valence electrons. The van der Waals surface area contributed by atoms with Crippen LogP contribution in [0.5, 0.6) is 0 Å². The van der Waals surface area contributed by atoms with E-state index in [1.807, 2.05) is 30.7 Å². The summed E-state index contributed by atoms with van der Waals surface area (Å²) in [6, 6.07) is 3.83. The fourth-order valence-corrected chi connectivity index (χ4v) is 1.87. The summed E-state index contributed by atoms with van der Waals surface area (Å²) in [6.07, 6.45) is 5.25. The van der Waals surface area contributed by atoms with Gasteiger partial charge in [-0.05, 0) is 18.6 Å². The van der Waals surface area contributed by atoms with Crippen LogP contribution in [-0.2, 0) is 13.5 Å². The molecule has 2 rings (SSSR count). The average molecular weight is 217 g/mol. The van der Waals surface area contributed by atoms with Gasteiger partial charge in [0.15, 0.2) is 0 Å². The Morgan fingerprint density at radius 2 is 2.31 bits per heavy atom. The predicted octanol–water partition coefficient (Wildman–Crippen LogP) is 1.40. The first-order valence-corrected chi connectivity index (χ1v) is 5.23. The van der Waals surface area contributed by atoms with Crippen molar-refractivity contribution in [1.82, 2.24) is 14.5 Å². The van der Waals surface area contributed by atoms with Gasteiger partial charge >= 0.3 is 0 Å². The van der Waals surface area contributed by atoms with E-state index in [1.54, 1.807) is 18.7 Å². The zero-order valence-corrected chi connectivity index (χ0v) is 9.46. The smallest absolute Gasteiger partial charge is 0.0999 e. The first kappa shape index (κ1) is 10.8. The first-order chi connectivity index (χ1) is 7.68. The lowest BCUT2D eigenvalue weighted by Gasteiger charge is -2.12. The molecule has 4 nitrogen and oxygen atoms in total. The summed E-state index contributed by atoms with van der Waals surface area (Å²) >= 11 is 0. The molecular formula is C12H15N3O. The first-order valence-electron chi connectivity index (χ1n) is 5.23. The highest BCUT2D eigenvalue weighted by atomic mass is 16.3. The molecule has 1 atom stereocenters. The van der Waals surface area contributed by atoms with Crippen molar-refractivity contribution in [3.05, 3.63) is 47.8 Å². The van der Waals surface area contributed by atoms with E-state index < -0.39 is 6.10 Å². The molecule has 0 aliphatic carbocycles. The van der Waals surface area contributed by atoms with E-state index in [0.717, 1.165) is 17.0 Å². The number of imidazole rings is 1. The van der Waals surface area contributed by atoms with E-state index in [1.165, 1.54) is 0 Å². The third-order valence-corrected chi connectivity index (χ3v) is 2.64. The summed E-state index contributed by atoms with van der Waals surface area (Å²) in [5, 5.41) is 10.1. The Balaban J connectivity index is 2.18. The van der Waals surface area contributed by atoms with E-state index in [9.17, 15) is 5.11 Å². The monoisotopic (exact) mass is 217 g/mol. The van der Waals surface area contributed by atoms with Crippen LogP contribution in [0.4, 0.5) is 0 Å². The molecule has 16 heavy (non-hydrogen) atoms. The van der Waals surface area contributed by atoms with Crippen molar-refractivity contribution in [2.45, 2.75) is 19.4 Å². The molecule has 0 fully saturated rings. The second-order valence-electron chi connectivity index (χ2n) is 3.91. The van der Waals surface area contributed by atoms with Gasteiger partial charge < -0.3 is 9.67 Å². The normalized spacial score (nSPS) is 12.7. The third kappa shape index (κ3) is 2.12. The quantitative estimate of drug-likeness (QED) is 0.845. The average Bonchev–Trinajstić information content (AvgIpc) is 2.60. The molecule has 2 aromatic rings. The summed E-state index contributed by atoms with van der Waals surface area (Å²) in [5.41, 5.74) is 2.76. The van der Waals surface area contributed by atoms with Crippen LogP contribution in [0.1, 0.15) is 23.1 Å². The summed E-state index contributed by atoms with van der Waals surface area (Å²) in [4.78, 5) is 8.20. The van der Waals surface area contributed by atoms with Gasteiger partial charge in [-0.3, -0.25) is 4.98 Å². The third-order valence-electron chi connectivity index (χ3n) is 2.64. The molecule has 0 amide bonds. The van der Waals surface area contributed by atoms with Gasteiger partial charge in [-0.1, -0.05) is 6.07 Å². The molecule has 1 N–H and O–H groups in total. The number of aryl methyl sites for hydroxylation is 2. The van der Waals surface area contributed by atoms with Gasteiger partial charge in [-0.2, -0.15) is 0 Å². The highest BCUT2D eigenvalue weighted by Crippen LogP contribution is 2.19. The van der Waals surface area contributed by atoms with Gasteiger partial charge in [0.25, 0.3) is 0 Å². The van der Waals surface area contributed by atoms with Crippen LogP contribution in [0.15, 0.2) is 30.9 Å². The van der Waals surface area contributed by atoms with Crippen molar-refractivity contribution >= 4 is 0 Å². The van der Waals surface area contributed by atoms with Crippen LogP contribution < -0.4 is 0 Å². The Morgan fingerprint density at radius 1 is 1.50 bits per heavy atom. The van der Waals surface area contributed by atoms with Gasteiger partial charge in [0.1, 0.15) is 0 Å². The van der Waals surface area contributed by atoms with Crippen LogP contribution in [0, 0.1) is 6.92 Å². The van der Waals surface area contributed by atoms with Crippen LogP contribution >= 0.6 is 0 Å². The van der Waals surface area contributed by atoms with Gasteiger partial charge in [-0.25, -0.2) is 4.98 Å². The summed E-state index contributed by atoms with van der Waals surface area (Å²) in [7, 11) is 1.89. The van der Waals surface area contributed by atoms with Crippen molar-refractivity contribution in [3.63, 3.8) is 0 Å².